The Bertz CT molecular complexity index is 733. The van der Waals surface area contributed by atoms with Crippen molar-refractivity contribution in [3.05, 3.63) is 64.2 Å². The summed E-state index contributed by atoms with van der Waals surface area (Å²) in [5, 5.41) is 6.33. The summed E-state index contributed by atoms with van der Waals surface area (Å²) in [6.07, 6.45) is 0. The van der Waals surface area contributed by atoms with Crippen molar-refractivity contribution in [3.8, 4) is 0 Å². The first-order chi connectivity index (χ1) is 11.3. The average molecular weight is 347 g/mol. The second-order valence-corrected chi connectivity index (χ2v) is 6.49. The van der Waals surface area contributed by atoms with Crippen LogP contribution in [-0.2, 0) is 10.3 Å². The molecule has 0 bridgehead atoms. The summed E-state index contributed by atoms with van der Waals surface area (Å²) in [6.45, 7) is 6.28. The van der Waals surface area contributed by atoms with Crippen LogP contribution in [0.15, 0.2) is 42.5 Å². The molecule has 0 aromatic heterocycles. The summed E-state index contributed by atoms with van der Waals surface area (Å²) in [4.78, 5) is 12.2. The summed E-state index contributed by atoms with van der Waals surface area (Å²) in [7, 11) is 1.61. The van der Waals surface area contributed by atoms with Gasteiger partial charge in [-0.2, -0.15) is 0 Å². The van der Waals surface area contributed by atoms with E-state index in [0.717, 1.165) is 16.8 Å². The van der Waals surface area contributed by atoms with Gasteiger partial charge >= 0.3 is 6.03 Å². The molecule has 2 aromatic rings. The molecule has 24 heavy (non-hydrogen) atoms. The number of methoxy groups -OCH3 is 1. The van der Waals surface area contributed by atoms with Gasteiger partial charge in [-0.3, -0.25) is 0 Å². The number of ether oxygens (including phenoxy) is 1. The van der Waals surface area contributed by atoms with Gasteiger partial charge in [0.15, 0.2) is 0 Å². The van der Waals surface area contributed by atoms with Crippen LogP contribution in [0.25, 0.3) is 0 Å². The van der Waals surface area contributed by atoms with Crippen LogP contribution in [0.4, 0.5) is 10.5 Å². The van der Waals surface area contributed by atoms with E-state index in [2.05, 4.69) is 10.6 Å². The Morgan fingerprint density at radius 2 is 1.92 bits per heavy atom. The fourth-order valence-electron chi connectivity index (χ4n) is 2.35. The highest BCUT2D eigenvalue weighted by Crippen LogP contribution is 2.26. The molecule has 0 spiro atoms. The number of hydrogen-bond donors (Lipinski definition) is 2. The third-order valence-electron chi connectivity index (χ3n) is 4.24. The summed E-state index contributed by atoms with van der Waals surface area (Å²) in [5.74, 6) is 0. The molecule has 5 heteroatoms. The summed E-state index contributed by atoms with van der Waals surface area (Å²) in [6, 6.07) is 13.0. The molecule has 1 atom stereocenters. The van der Waals surface area contributed by atoms with Crippen molar-refractivity contribution in [1.82, 2.24) is 5.32 Å². The van der Waals surface area contributed by atoms with Crippen molar-refractivity contribution in [2.24, 2.45) is 0 Å². The Kier molecular flexibility index (Phi) is 5.86. The van der Waals surface area contributed by atoms with Gasteiger partial charge in [-0.15, -0.1) is 0 Å². The molecular formula is C19H23ClN2O2. The highest BCUT2D eigenvalue weighted by molar-refractivity contribution is 6.30. The molecular weight excluding hydrogens is 324 g/mol. The number of halogens is 1. The van der Waals surface area contributed by atoms with Crippen LogP contribution >= 0.6 is 11.6 Å². The molecule has 0 saturated carbocycles. The quantitative estimate of drug-likeness (QED) is 0.828. The van der Waals surface area contributed by atoms with E-state index >= 15 is 0 Å². The first kappa shape index (κ1) is 18.3. The van der Waals surface area contributed by atoms with Crippen LogP contribution in [-0.4, -0.2) is 19.7 Å². The molecule has 0 fully saturated rings. The van der Waals surface area contributed by atoms with Gasteiger partial charge in [-0.25, -0.2) is 4.79 Å². The van der Waals surface area contributed by atoms with Crippen LogP contribution < -0.4 is 10.6 Å². The second-order valence-electron chi connectivity index (χ2n) is 6.05. The third-order valence-corrected chi connectivity index (χ3v) is 4.47. The van der Waals surface area contributed by atoms with Crippen LogP contribution in [0, 0.1) is 13.8 Å². The summed E-state index contributed by atoms with van der Waals surface area (Å²) in [5.41, 5.74) is 3.33. The lowest BCUT2D eigenvalue weighted by atomic mass is 9.96. The largest absolute Gasteiger partial charge is 0.372 e. The van der Waals surface area contributed by atoms with Gasteiger partial charge < -0.3 is 15.4 Å². The van der Waals surface area contributed by atoms with Gasteiger partial charge in [0.05, 0.1) is 6.54 Å². The predicted molar refractivity (Wildman–Crippen MR) is 98.8 cm³/mol. The van der Waals surface area contributed by atoms with Gasteiger partial charge in [0.2, 0.25) is 0 Å². The highest BCUT2D eigenvalue weighted by Gasteiger charge is 2.27. The minimum atomic E-state index is -0.661. The Balaban J connectivity index is 2.02. The third kappa shape index (κ3) is 4.49. The average Bonchev–Trinajstić information content (AvgIpc) is 2.56. The fraction of sp³-hybridized carbons (Fsp3) is 0.316. The first-order valence-corrected chi connectivity index (χ1v) is 8.15. The summed E-state index contributed by atoms with van der Waals surface area (Å²) >= 11 is 6.05. The summed E-state index contributed by atoms with van der Waals surface area (Å²) < 4.78 is 5.61. The topological polar surface area (TPSA) is 50.4 Å². The Morgan fingerprint density at radius 1 is 1.17 bits per heavy atom. The van der Waals surface area contributed by atoms with Crippen molar-refractivity contribution < 1.29 is 9.53 Å². The maximum atomic E-state index is 12.2. The lowest BCUT2D eigenvalue weighted by Crippen LogP contribution is -2.41. The molecule has 0 saturated heterocycles. The standard InChI is InChI=1S/C19H23ClN2O2/c1-13-8-9-17(10-14(13)2)22-18(23)21-12-19(3,24-4)15-6-5-7-16(20)11-15/h5-11H,12H2,1-4H3,(H2,21,22,23). The van der Waals surface area contributed by atoms with Gasteiger partial charge in [0.1, 0.15) is 5.60 Å². The molecule has 2 N–H and O–H groups in total. The van der Waals surface area contributed by atoms with Gasteiger partial charge in [-0.05, 0) is 61.7 Å². The molecule has 4 nitrogen and oxygen atoms in total. The molecule has 1 unspecified atom stereocenters. The number of hydrogen-bond acceptors (Lipinski definition) is 2. The Morgan fingerprint density at radius 3 is 2.54 bits per heavy atom. The van der Waals surface area contributed by atoms with Gasteiger partial charge in [0, 0.05) is 17.8 Å². The molecule has 0 heterocycles. The van der Waals surface area contributed by atoms with Crippen LogP contribution in [0.1, 0.15) is 23.6 Å². The molecule has 0 radical (unpaired) electrons. The van der Waals surface area contributed by atoms with E-state index in [4.69, 9.17) is 16.3 Å². The SMILES string of the molecule is COC(C)(CNC(=O)Nc1ccc(C)c(C)c1)c1cccc(Cl)c1. The predicted octanol–water partition coefficient (Wildman–Crippen LogP) is 4.64. The zero-order valence-corrected chi connectivity index (χ0v) is 15.2. The van der Waals surface area contributed by atoms with E-state index in [0.29, 0.717) is 11.6 Å². The number of benzene rings is 2. The van der Waals surface area contributed by atoms with Crippen LogP contribution in [0.3, 0.4) is 0 Å². The molecule has 0 aliphatic carbocycles. The Labute approximate surface area is 148 Å². The number of rotatable bonds is 5. The monoisotopic (exact) mass is 346 g/mol. The van der Waals surface area contributed by atoms with E-state index in [-0.39, 0.29) is 6.03 Å². The molecule has 2 rings (SSSR count). The Hall–Kier alpha value is -2.04. The number of urea groups is 1. The maximum Gasteiger partial charge on any atom is 0.319 e. The second kappa shape index (κ2) is 7.69. The van der Waals surface area contributed by atoms with E-state index in [1.165, 1.54) is 5.56 Å². The van der Waals surface area contributed by atoms with Gasteiger partial charge in [0.25, 0.3) is 0 Å². The number of carbonyl (C=O) groups is 1. The molecule has 2 amide bonds. The van der Waals surface area contributed by atoms with Crippen molar-refractivity contribution in [3.63, 3.8) is 0 Å². The fourth-order valence-corrected chi connectivity index (χ4v) is 2.54. The van der Waals surface area contributed by atoms with E-state index in [1.807, 2.05) is 57.2 Å². The zero-order valence-electron chi connectivity index (χ0n) is 14.4. The first-order valence-electron chi connectivity index (χ1n) is 7.77. The van der Waals surface area contributed by atoms with Gasteiger partial charge in [-0.1, -0.05) is 29.8 Å². The lowest BCUT2D eigenvalue weighted by Gasteiger charge is -2.29. The van der Waals surface area contributed by atoms with Crippen molar-refractivity contribution in [1.29, 1.82) is 0 Å². The minimum Gasteiger partial charge on any atom is -0.372 e. The normalized spacial score (nSPS) is 13.2. The van der Waals surface area contributed by atoms with E-state index in [1.54, 1.807) is 13.2 Å². The lowest BCUT2D eigenvalue weighted by molar-refractivity contribution is 0.00521. The van der Waals surface area contributed by atoms with Crippen molar-refractivity contribution in [2.75, 3.05) is 19.0 Å². The van der Waals surface area contributed by atoms with E-state index in [9.17, 15) is 4.79 Å². The van der Waals surface area contributed by atoms with Crippen molar-refractivity contribution in [2.45, 2.75) is 26.4 Å². The number of anilines is 1. The van der Waals surface area contributed by atoms with Crippen LogP contribution in [0.5, 0.6) is 0 Å². The minimum absolute atomic E-state index is 0.274. The molecule has 2 aromatic carbocycles. The van der Waals surface area contributed by atoms with E-state index < -0.39 is 5.60 Å². The number of amides is 2. The number of nitrogens with one attached hydrogen (secondary N) is 2. The molecule has 128 valence electrons. The zero-order chi connectivity index (χ0) is 17.7. The van der Waals surface area contributed by atoms with Crippen LogP contribution in [0.2, 0.25) is 5.02 Å². The number of aryl methyl sites for hydroxylation is 2. The number of carbonyl (C=O) groups excluding carboxylic acids is 1. The maximum absolute atomic E-state index is 12.2. The molecule has 0 aliphatic rings. The van der Waals surface area contributed by atoms with Crippen molar-refractivity contribution >= 4 is 23.3 Å². The molecule has 0 aliphatic heterocycles. The highest BCUT2D eigenvalue weighted by atomic mass is 35.5. The smallest absolute Gasteiger partial charge is 0.319 e.